The topological polar surface area (TPSA) is 105 Å². The maximum atomic E-state index is 14.2. The van der Waals surface area contributed by atoms with Gasteiger partial charge in [-0.15, -0.1) is 0 Å². The number of carbonyl (C=O) groups excluding carboxylic acids is 2. The second-order valence-corrected chi connectivity index (χ2v) is 12.3. The number of sulfonamides is 1. The summed E-state index contributed by atoms with van der Waals surface area (Å²) in [5.74, 6) is 0.290. The average molecular weight is 616 g/mol. The van der Waals surface area contributed by atoms with E-state index in [1.807, 2.05) is 26.8 Å². The van der Waals surface area contributed by atoms with Gasteiger partial charge in [0.05, 0.1) is 29.8 Å². The molecular weight excluding hydrogens is 578 g/mol. The van der Waals surface area contributed by atoms with Crippen molar-refractivity contribution >= 4 is 39.1 Å². The third kappa shape index (κ3) is 8.17. The Balaban J connectivity index is 2.08. The van der Waals surface area contributed by atoms with Crippen LogP contribution in [-0.2, 0) is 26.2 Å². The van der Waals surface area contributed by atoms with Crippen molar-refractivity contribution in [2.75, 3.05) is 31.6 Å². The first kappa shape index (κ1) is 32.8. The first-order chi connectivity index (χ1) is 20.0. The number of carbonyl (C=O) groups is 2. The van der Waals surface area contributed by atoms with Gasteiger partial charge in [0.2, 0.25) is 11.8 Å². The molecule has 42 heavy (non-hydrogen) atoms. The van der Waals surface area contributed by atoms with Crippen LogP contribution in [-0.4, -0.2) is 58.5 Å². The monoisotopic (exact) mass is 615 g/mol. The zero-order valence-corrected chi connectivity index (χ0v) is 26.1. The van der Waals surface area contributed by atoms with Crippen LogP contribution >= 0.6 is 11.6 Å². The first-order valence-electron chi connectivity index (χ1n) is 13.6. The van der Waals surface area contributed by atoms with Gasteiger partial charge in [0.1, 0.15) is 24.1 Å². The van der Waals surface area contributed by atoms with E-state index in [0.717, 1.165) is 9.87 Å². The van der Waals surface area contributed by atoms with Gasteiger partial charge in [-0.1, -0.05) is 62.7 Å². The molecule has 0 radical (unpaired) electrons. The van der Waals surface area contributed by atoms with Crippen LogP contribution in [0.4, 0.5) is 5.69 Å². The summed E-state index contributed by atoms with van der Waals surface area (Å²) < 4.78 is 39.5. The van der Waals surface area contributed by atoms with Gasteiger partial charge in [0.25, 0.3) is 10.0 Å². The quantitative estimate of drug-likeness (QED) is 0.270. The number of amides is 2. The lowest BCUT2D eigenvalue weighted by atomic mass is 10.1. The molecule has 0 aliphatic heterocycles. The Morgan fingerprint density at radius 2 is 1.67 bits per heavy atom. The molecule has 1 atom stereocenters. The Morgan fingerprint density at radius 3 is 2.26 bits per heavy atom. The fourth-order valence-electron chi connectivity index (χ4n) is 4.37. The standard InChI is InChI=1S/C31H38ClN3O6S/c1-6-28(31(37)33-19-22(2)3)34(20-23-11-10-12-25(17-23)40-4)30(36)21-35(24-15-16-29(41-5)27(32)18-24)42(38,39)26-13-8-7-9-14-26/h7-18,22,28H,6,19-21H2,1-5H3,(H,33,37)/t28-/m0/s1. The molecule has 9 nitrogen and oxygen atoms in total. The molecular formula is C31H38ClN3O6S. The maximum absolute atomic E-state index is 14.2. The van der Waals surface area contributed by atoms with E-state index in [2.05, 4.69) is 5.32 Å². The molecule has 3 aromatic rings. The van der Waals surface area contributed by atoms with Gasteiger partial charge in [-0.05, 0) is 60.4 Å². The predicted octanol–water partition coefficient (Wildman–Crippen LogP) is 5.13. The average Bonchev–Trinajstić information content (AvgIpc) is 2.98. The summed E-state index contributed by atoms with van der Waals surface area (Å²) in [6.45, 7) is 5.70. The van der Waals surface area contributed by atoms with E-state index in [1.54, 1.807) is 43.5 Å². The minimum Gasteiger partial charge on any atom is -0.497 e. The number of benzene rings is 3. The minimum atomic E-state index is -4.21. The Hall–Kier alpha value is -3.76. The van der Waals surface area contributed by atoms with Crippen molar-refractivity contribution in [1.29, 1.82) is 0 Å². The van der Waals surface area contributed by atoms with Gasteiger partial charge in [-0.25, -0.2) is 8.42 Å². The van der Waals surface area contributed by atoms with Crippen LogP contribution in [0.5, 0.6) is 11.5 Å². The molecule has 0 unspecified atom stereocenters. The smallest absolute Gasteiger partial charge is 0.264 e. The molecule has 3 rings (SSSR count). The number of nitrogens with zero attached hydrogens (tertiary/aromatic N) is 2. The number of rotatable bonds is 14. The molecule has 0 aliphatic carbocycles. The van der Waals surface area contributed by atoms with Crippen molar-refractivity contribution in [3.8, 4) is 11.5 Å². The third-order valence-electron chi connectivity index (χ3n) is 6.59. The fourth-order valence-corrected chi connectivity index (χ4v) is 6.05. The van der Waals surface area contributed by atoms with Crippen LogP contribution in [0.3, 0.4) is 0 Å². The minimum absolute atomic E-state index is 0.00537. The fraction of sp³-hybridized carbons (Fsp3) is 0.355. The zero-order valence-electron chi connectivity index (χ0n) is 24.5. The highest BCUT2D eigenvalue weighted by Gasteiger charge is 2.34. The Kier molecular flexibility index (Phi) is 11.6. The SMILES string of the molecule is CC[C@@H](C(=O)NCC(C)C)N(Cc1cccc(OC)c1)C(=O)CN(c1ccc(OC)c(Cl)c1)S(=O)(=O)c1ccccc1. The number of ether oxygens (including phenoxy) is 2. The number of nitrogens with one attached hydrogen (secondary N) is 1. The lowest BCUT2D eigenvalue weighted by Gasteiger charge is -2.33. The van der Waals surface area contributed by atoms with Gasteiger partial charge in [0.15, 0.2) is 0 Å². The summed E-state index contributed by atoms with van der Waals surface area (Å²) in [4.78, 5) is 28.9. The molecule has 0 heterocycles. The van der Waals surface area contributed by atoms with Gasteiger partial charge in [-0.2, -0.15) is 0 Å². The van der Waals surface area contributed by atoms with Gasteiger partial charge in [-0.3, -0.25) is 13.9 Å². The van der Waals surface area contributed by atoms with Crippen LogP contribution in [0.2, 0.25) is 5.02 Å². The summed E-state index contributed by atoms with van der Waals surface area (Å²) in [7, 11) is -1.21. The predicted molar refractivity (Wildman–Crippen MR) is 164 cm³/mol. The van der Waals surface area contributed by atoms with Crippen LogP contribution in [0.1, 0.15) is 32.8 Å². The van der Waals surface area contributed by atoms with Gasteiger partial charge >= 0.3 is 0 Å². The molecule has 0 bridgehead atoms. The molecule has 0 fully saturated rings. The number of anilines is 1. The van der Waals surface area contributed by atoms with Crippen molar-refractivity contribution in [2.24, 2.45) is 5.92 Å². The van der Waals surface area contributed by atoms with Crippen molar-refractivity contribution in [3.63, 3.8) is 0 Å². The van der Waals surface area contributed by atoms with Gasteiger partial charge in [0, 0.05) is 13.1 Å². The first-order valence-corrected chi connectivity index (χ1v) is 15.4. The van der Waals surface area contributed by atoms with Gasteiger partial charge < -0.3 is 19.7 Å². The van der Waals surface area contributed by atoms with E-state index in [1.165, 1.54) is 42.3 Å². The normalized spacial score (nSPS) is 12.0. The third-order valence-corrected chi connectivity index (χ3v) is 8.67. The summed E-state index contributed by atoms with van der Waals surface area (Å²) >= 11 is 6.37. The van der Waals surface area contributed by atoms with Crippen LogP contribution in [0.15, 0.2) is 77.7 Å². The van der Waals surface area contributed by atoms with E-state index in [9.17, 15) is 18.0 Å². The highest BCUT2D eigenvalue weighted by Crippen LogP contribution is 2.32. The van der Waals surface area contributed by atoms with Crippen LogP contribution in [0, 0.1) is 5.92 Å². The molecule has 0 aromatic heterocycles. The lowest BCUT2D eigenvalue weighted by molar-refractivity contribution is -0.140. The molecule has 0 saturated carbocycles. The Labute approximate surface area is 253 Å². The zero-order chi connectivity index (χ0) is 30.9. The van der Waals surface area contributed by atoms with E-state index < -0.39 is 28.5 Å². The lowest BCUT2D eigenvalue weighted by Crippen LogP contribution is -2.52. The molecule has 0 spiro atoms. The number of hydrogen-bond donors (Lipinski definition) is 1. The highest BCUT2D eigenvalue weighted by atomic mass is 35.5. The molecule has 0 aliphatic rings. The largest absolute Gasteiger partial charge is 0.497 e. The maximum Gasteiger partial charge on any atom is 0.264 e. The molecule has 2 amide bonds. The number of methoxy groups -OCH3 is 2. The second kappa shape index (κ2) is 14.9. The highest BCUT2D eigenvalue weighted by molar-refractivity contribution is 7.92. The summed E-state index contributed by atoms with van der Waals surface area (Å²) in [5.41, 5.74) is 0.902. The summed E-state index contributed by atoms with van der Waals surface area (Å²) in [6.07, 6.45) is 0.319. The van der Waals surface area contributed by atoms with Crippen LogP contribution in [0.25, 0.3) is 0 Å². The van der Waals surface area contributed by atoms with E-state index in [0.29, 0.717) is 24.5 Å². The number of halogens is 1. The molecule has 11 heteroatoms. The Bertz CT molecular complexity index is 1470. The van der Waals surface area contributed by atoms with E-state index in [4.69, 9.17) is 21.1 Å². The Morgan fingerprint density at radius 1 is 0.952 bits per heavy atom. The van der Waals surface area contributed by atoms with Crippen LogP contribution < -0.4 is 19.1 Å². The number of hydrogen-bond acceptors (Lipinski definition) is 6. The van der Waals surface area contributed by atoms with Crippen molar-refractivity contribution in [1.82, 2.24) is 10.2 Å². The summed E-state index contributed by atoms with van der Waals surface area (Å²) in [6, 6.07) is 18.7. The van der Waals surface area contributed by atoms with E-state index in [-0.39, 0.29) is 34.0 Å². The molecule has 226 valence electrons. The molecule has 1 N–H and O–H groups in total. The summed E-state index contributed by atoms with van der Waals surface area (Å²) in [5, 5.41) is 3.10. The molecule has 3 aromatic carbocycles. The van der Waals surface area contributed by atoms with Crippen molar-refractivity contribution < 1.29 is 27.5 Å². The van der Waals surface area contributed by atoms with Crippen molar-refractivity contribution in [3.05, 3.63) is 83.4 Å². The second-order valence-electron chi connectivity index (χ2n) is 10.1. The van der Waals surface area contributed by atoms with E-state index >= 15 is 0 Å². The molecule has 0 saturated heterocycles. The van der Waals surface area contributed by atoms with Crippen molar-refractivity contribution in [2.45, 2.75) is 44.7 Å².